The quantitative estimate of drug-likeness (QED) is 0.354. The lowest BCUT2D eigenvalue weighted by Crippen LogP contribution is -2.14. The number of nitrogens with one attached hydrogen (secondary N) is 1. The Morgan fingerprint density at radius 3 is 2.73 bits per heavy atom. The highest BCUT2D eigenvalue weighted by Crippen LogP contribution is 2.28. The van der Waals surface area contributed by atoms with Crippen LogP contribution in [0.15, 0.2) is 56.8 Å². The molecule has 0 atom stereocenters. The van der Waals surface area contributed by atoms with Crippen molar-refractivity contribution in [3.8, 4) is 11.5 Å². The zero-order valence-corrected chi connectivity index (χ0v) is 15.4. The molecule has 0 saturated heterocycles. The molecule has 0 aliphatic rings. The Kier molecular flexibility index (Phi) is 5.58. The van der Waals surface area contributed by atoms with Gasteiger partial charge >= 0.3 is 0 Å². The summed E-state index contributed by atoms with van der Waals surface area (Å²) in [5, 5.41) is 21.4. The van der Waals surface area contributed by atoms with Gasteiger partial charge in [0.25, 0.3) is 10.9 Å². The molecule has 9 nitrogen and oxygen atoms in total. The Balaban J connectivity index is 1.58. The minimum absolute atomic E-state index is 0.0431. The second kappa shape index (κ2) is 8.06. The van der Waals surface area contributed by atoms with E-state index in [1.54, 1.807) is 24.5 Å². The first kappa shape index (κ1) is 18.0. The zero-order valence-electron chi connectivity index (χ0n) is 13.0. The van der Waals surface area contributed by atoms with Crippen molar-refractivity contribution in [1.29, 1.82) is 0 Å². The molecule has 0 spiro atoms. The number of amides is 1. The van der Waals surface area contributed by atoms with Crippen molar-refractivity contribution in [2.45, 2.75) is 5.22 Å². The molecule has 1 amide bonds. The van der Waals surface area contributed by atoms with Crippen LogP contribution in [-0.4, -0.2) is 31.8 Å². The SMILES string of the molecule is O=C(CSc1nnc(-c2ccncc2)o1)Nc1ccc([N+](=O)[O-])cc1Br. The van der Waals surface area contributed by atoms with Crippen molar-refractivity contribution in [2.24, 2.45) is 0 Å². The van der Waals surface area contributed by atoms with E-state index in [-0.39, 0.29) is 22.6 Å². The first-order valence-electron chi connectivity index (χ1n) is 7.13. The summed E-state index contributed by atoms with van der Waals surface area (Å²) in [6, 6.07) is 7.56. The standard InChI is InChI=1S/C15H10BrN5O4S/c16-11-7-10(21(23)24)1-2-12(11)18-13(22)8-26-15-20-19-14(25-15)9-3-5-17-6-4-9/h1-7H,8H2,(H,18,22). The second-order valence-electron chi connectivity index (χ2n) is 4.87. The number of benzene rings is 1. The maximum absolute atomic E-state index is 12.0. The third-order valence-corrected chi connectivity index (χ3v) is 4.57. The Hall–Kier alpha value is -2.79. The number of non-ortho nitro benzene ring substituents is 1. The molecule has 1 N–H and O–H groups in total. The summed E-state index contributed by atoms with van der Waals surface area (Å²) >= 11 is 4.28. The van der Waals surface area contributed by atoms with E-state index < -0.39 is 4.92 Å². The van der Waals surface area contributed by atoms with E-state index in [0.29, 0.717) is 16.1 Å². The van der Waals surface area contributed by atoms with Crippen LogP contribution in [0, 0.1) is 10.1 Å². The minimum atomic E-state index is -0.512. The van der Waals surface area contributed by atoms with Crippen molar-refractivity contribution in [2.75, 3.05) is 11.1 Å². The zero-order chi connectivity index (χ0) is 18.5. The van der Waals surface area contributed by atoms with Crippen LogP contribution in [0.4, 0.5) is 11.4 Å². The molecule has 1 aromatic carbocycles. The summed E-state index contributed by atoms with van der Waals surface area (Å²) in [4.78, 5) is 26.2. The molecule has 0 bridgehead atoms. The number of hydrogen-bond acceptors (Lipinski definition) is 8. The van der Waals surface area contributed by atoms with Gasteiger partial charge in [-0.15, -0.1) is 10.2 Å². The highest BCUT2D eigenvalue weighted by Gasteiger charge is 2.14. The molecule has 2 aromatic heterocycles. The molecule has 0 radical (unpaired) electrons. The van der Waals surface area contributed by atoms with E-state index in [9.17, 15) is 14.9 Å². The summed E-state index contributed by atoms with van der Waals surface area (Å²) in [6.07, 6.45) is 3.23. The highest BCUT2D eigenvalue weighted by atomic mass is 79.9. The third kappa shape index (κ3) is 4.43. The van der Waals surface area contributed by atoms with Crippen LogP contribution in [0.1, 0.15) is 0 Å². The molecule has 2 heterocycles. The Bertz CT molecular complexity index is 950. The van der Waals surface area contributed by atoms with Gasteiger partial charge in [0, 0.05) is 34.6 Å². The number of nitrogens with zero attached hydrogens (tertiary/aromatic N) is 4. The van der Waals surface area contributed by atoms with E-state index in [0.717, 1.165) is 17.3 Å². The van der Waals surface area contributed by atoms with Crippen LogP contribution in [0.2, 0.25) is 0 Å². The lowest BCUT2D eigenvalue weighted by molar-refractivity contribution is -0.384. The van der Waals surface area contributed by atoms with E-state index in [2.05, 4.69) is 36.4 Å². The first-order valence-corrected chi connectivity index (χ1v) is 8.91. The maximum Gasteiger partial charge on any atom is 0.277 e. The lowest BCUT2D eigenvalue weighted by Gasteiger charge is -2.06. The smallest absolute Gasteiger partial charge is 0.277 e. The van der Waals surface area contributed by atoms with Gasteiger partial charge in [-0.3, -0.25) is 19.9 Å². The maximum atomic E-state index is 12.0. The number of nitro benzene ring substituents is 1. The van der Waals surface area contributed by atoms with Gasteiger partial charge in [-0.25, -0.2) is 0 Å². The van der Waals surface area contributed by atoms with Crippen LogP contribution in [-0.2, 0) is 4.79 Å². The van der Waals surface area contributed by atoms with E-state index in [1.807, 2.05) is 0 Å². The fourth-order valence-electron chi connectivity index (χ4n) is 1.91. The molecule has 3 rings (SSSR count). The lowest BCUT2D eigenvalue weighted by atomic mass is 10.3. The van der Waals surface area contributed by atoms with Crippen LogP contribution >= 0.6 is 27.7 Å². The summed E-state index contributed by atoms with van der Waals surface area (Å²) in [7, 11) is 0. The number of aromatic nitrogens is 3. The first-order chi connectivity index (χ1) is 12.5. The monoisotopic (exact) mass is 435 g/mol. The molecule has 0 aliphatic heterocycles. The molecule has 132 valence electrons. The predicted molar refractivity (Wildman–Crippen MR) is 97.7 cm³/mol. The number of carbonyl (C=O) groups is 1. The molecular weight excluding hydrogens is 426 g/mol. The summed E-state index contributed by atoms with van der Waals surface area (Å²) in [5.74, 6) is 0.0724. The molecule has 0 unspecified atom stereocenters. The predicted octanol–water partition coefficient (Wildman–Crippen LogP) is 3.53. The summed E-state index contributed by atoms with van der Waals surface area (Å²) < 4.78 is 5.90. The topological polar surface area (TPSA) is 124 Å². The van der Waals surface area contributed by atoms with Gasteiger partial charge in [0.1, 0.15) is 0 Å². The van der Waals surface area contributed by atoms with Crippen LogP contribution < -0.4 is 5.32 Å². The second-order valence-corrected chi connectivity index (χ2v) is 6.65. The van der Waals surface area contributed by atoms with Gasteiger partial charge in [0.05, 0.1) is 16.4 Å². The minimum Gasteiger partial charge on any atom is -0.411 e. The third-order valence-electron chi connectivity index (χ3n) is 3.10. The van der Waals surface area contributed by atoms with Crippen molar-refractivity contribution < 1.29 is 14.1 Å². The van der Waals surface area contributed by atoms with Crippen LogP contribution in [0.5, 0.6) is 0 Å². The molecule has 11 heteroatoms. The van der Waals surface area contributed by atoms with Crippen molar-refractivity contribution in [1.82, 2.24) is 15.2 Å². The van der Waals surface area contributed by atoms with Crippen molar-refractivity contribution >= 4 is 45.0 Å². The highest BCUT2D eigenvalue weighted by molar-refractivity contribution is 9.10. The van der Waals surface area contributed by atoms with E-state index in [4.69, 9.17) is 4.42 Å². The molecule has 0 saturated carbocycles. The fourth-order valence-corrected chi connectivity index (χ4v) is 2.94. The molecule has 0 fully saturated rings. The Morgan fingerprint density at radius 1 is 1.27 bits per heavy atom. The van der Waals surface area contributed by atoms with Gasteiger partial charge in [-0.1, -0.05) is 11.8 Å². The van der Waals surface area contributed by atoms with Crippen LogP contribution in [0.3, 0.4) is 0 Å². The Morgan fingerprint density at radius 2 is 2.04 bits per heavy atom. The number of halogens is 1. The van der Waals surface area contributed by atoms with E-state index in [1.165, 1.54) is 18.2 Å². The van der Waals surface area contributed by atoms with Crippen LogP contribution in [0.25, 0.3) is 11.5 Å². The number of hydrogen-bond donors (Lipinski definition) is 1. The van der Waals surface area contributed by atoms with Crippen molar-refractivity contribution in [3.05, 3.63) is 57.3 Å². The Labute approximate surface area is 159 Å². The van der Waals surface area contributed by atoms with Gasteiger partial charge < -0.3 is 9.73 Å². The summed E-state index contributed by atoms with van der Waals surface area (Å²) in [6.45, 7) is 0. The van der Waals surface area contributed by atoms with E-state index >= 15 is 0 Å². The molecular formula is C15H10BrN5O4S. The van der Waals surface area contributed by atoms with Gasteiger partial charge in [0.15, 0.2) is 0 Å². The average molecular weight is 436 g/mol. The number of rotatable bonds is 6. The van der Waals surface area contributed by atoms with Gasteiger partial charge in [-0.2, -0.15) is 0 Å². The van der Waals surface area contributed by atoms with Gasteiger partial charge in [-0.05, 0) is 34.1 Å². The molecule has 26 heavy (non-hydrogen) atoms. The fraction of sp³-hybridized carbons (Fsp3) is 0.0667. The number of thioether (sulfide) groups is 1. The molecule has 3 aromatic rings. The summed E-state index contributed by atoms with van der Waals surface area (Å²) in [5.41, 5.74) is 1.10. The number of nitro groups is 1. The largest absolute Gasteiger partial charge is 0.411 e. The number of carbonyl (C=O) groups excluding carboxylic acids is 1. The van der Waals surface area contributed by atoms with Crippen molar-refractivity contribution in [3.63, 3.8) is 0 Å². The normalized spacial score (nSPS) is 10.5. The molecule has 0 aliphatic carbocycles. The number of pyridine rings is 1. The number of anilines is 1. The average Bonchev–Trinajstić information content (AvgIpc) is 3.11. The van der Waals surface area contributed by atoms with Gasteiger partial charge in [0.2, 0.25) is 11.8 Å².